The second kappa shape index (κ2) is 5.92. The highest BCUT2D eigenvalue weighted by atomic mass is 32.1. The summed E-state index contributed by atoms with van der Waals surface area (Å²) in [5, 5.41) is 9.48. The summed E-state index contributed by atoms with van der Waals surface area (Å²) in [6, 6.07) is 6.04. The quantitative estimate of drug-likeness (QED) is 0.799. The highest BCUT2D eigenvalue weighted by Crippen LogP contribution is 2.25. The van der Waals surface area contributed by atoms with Crippen molar-refractivity contribution >= 4 is 22.9 Å². The van der Waals surface area contributed by atoms with E-state index in [0.29, 0.717) is 16.4 Å². The summed E-state index contributed by atoms with van der Waals surface area (Å²) in [5.74, 6) is -0.584. The summed E-state index contributed by atoms with van der Waals surface area (Å²) < 4.78 is 14.7. The highest BCUT2D eigenvalue weighted by molar-refractivity contribution is 7.13. The fourth-order valence-corrected chi connectivity index (χ4v) is 3.04. The maximum atomic E-state index is 13.0. The zero-order chi connectivity index (χ0) is 16.6. The molecule has 0 fully saturated rings. The van der Waals surface area contributed by atoms with Crippen LogP contribution in [-0.4, -0.2) is 20.7 Å². The summed E-state index contributed by atoms with van der Waals surface area (Å²) in [5.41, 5.74) is 3.45. The number of aryl methyl sites for hydroxylation is 2. The smallest absolute Gasteiger partial charge is 0.275 e. The third-order valence-electron chi connectivity index (χ3n) is 3.58. The Morgan fingerprint density at radius 1 is 1.26 bits per heavy atom. The van der Waals surface area contributed by atoms with Crippen LogP contribution in [0, 0.1) is 19.7 Å². The molecule has 1 amide bonds. The zero-order valence-electron chi connectivity index (χ0n) is 12.9. The molecule has 1 N–H and O–H groups in total. The van der Waals surface area contributed by atoms with Crippen LogP contribution in [0.4, 0.5) is 10.1 Å². The minimum absolute atomic E-state index is 0.284. The van der Waals surface area contributed by atoms with Crippen LogP contribution in [-0.2, 0) is 7.05 Å². The third kappa shape index (κ3) is 3.00. The summed E-state index contributed by atoms with van der Waals surface area (Å²) in [6.07, 6.45) is 0. The van der Waals surface area contributed by atoms with Crippen LogP contribution < -0.4 is 5.32 Å². The van der Waals surface area contributed by atoms with Gasteiger partial charge in [0.1, 0.15) is 16.5 Å². The van der Waals surface area contributed by atoms with E-state index in [2.05, 4.69) is 15.4 Å². The van der Waals surface area contributed by atoms with Crippen molar-refractivity contribution in [1.29, 1.82) is 0 Å². The van der Waals surface area contributed by atoms with Crippen LogP contribution in [0.2, 0.25) is 0 Å². The van der Waals surface area contributed by atoms with Crippen molar-refractivity contribution in [1.82, 2.24) is 14.8 Å². The average molecular weight is 330 g/mol. The van der Waals surface area contributed by atoms with Crippen molar-refractivity contribution in [3.05, 3.63) is 52.5 Å². The molecule has 0 bridgehead atoms. The Labute approximate surface area is 136 Å². The molecular formula is C16H15FN4OS. The van der Waals surface area contributed by atoms with Crippen molar-refractivity contribution < 1.29 is 9.18 Å². The summed E-state index contributed by atoms with van der Waals surface area (Å²) in [4.78, 5) is 16.7. The van der Waals surface area contributed by atoms with E-state index in [0.717, 1.165) is 17.0 Å². The molecule has 0 aliphatic rings. The number of halogens is 1. The van der Waals surface area contributed by atoms with E-state index in [9.17, 15) is 9.18 Å². The number of aromatic nitrogens is 3. The summed E-state index contributed by atoms with van der Waals surface area (Å²) in [6.45, 7) is 3.73. The van der Waals surface area contributed by atoms with Gasteiger partial charge in [-0.15, -0.1) is 11.3 Å². The van der Waals surface area contributed by atoms with Gasteiger partial charge in [-0.3, -0.25) is 9.48 Å². The van der Waals surface area contributed by atoms with Gasteiger partial charge in [0.15, 0.2) is 0 Å². The molecule has 2 aromatic heterocycles. The molecular weight excluding hydrogens is 315 g/mol. The molecule has 0 spiro atoms. The number of thiazole rings is 1. The first-order valence-electron chi connectivity index (χ1n) is 6.98. The number of nitrogens with one attached hydrogen (secondary N) is 1. The number of rotatable bonds is 3. The van der Waals surface area contributed by atoms with E-state index >= 15 is 0 Å². The maximum absolute atomic E-state index is 13.0. The maximum Gasteiger partial charge on any atom is 0.275 e. The number of anilines is 1. The molecule has 0 saturated heterocycles. The molecule has 118 valence electrons. The summed E-state index contributed by atoms with van der Waals surface area (Å²) >= 11 is 1.35. The highest BCUT2D eigenvalue weighted by Gasteiger charge is 2.16. The first-order valence-corrected chi connectivity index (χ1v) is 7.86. The van der Waals surface area contributed by atoms with E-state index in [-0.39, 0.29) is 11.7 Å². The van der Waals surface area contributed by atoms with Crippen LogP contribution in [0.3, 0.4) is 0 Å². The molecule has 7 heteroatoms. The van der Waals surface area contributed by atoms with Crippen LogP contribution >= 0.6 is 11.3 Å². The van der Waals surface area contributed by atoms with Gasteiger partial charge in [0.2, 0.25) is 0 Å². The van der Waals surface area contributed by atoms with Gasteiger partial charge in [0.05, 0.1) is 17.1 Å². The fourth-order valence-electron chi connectivity index (χ4n) is 2.24. The predicted octanol–water partition coefficient (Wildman–Crippen LogP) is 3.55. The van der Waals surface area contributed by atoms with Crippen molar-refractivity contribution in [2.45, 2.75) is 13.8 Å². The van der Waals surface area contributed by atoms with E-state index in [4.69, 9.17) is 0 Å². The Bertz CT molecular complexity index is 867. The van der Waals surface area contributed by atoms with E-state index in [1.165, 1.54) is 23.5 Å². The molecule has 5 nitrogen and oxygen atoms in total. The van der Waals surface area contributed by atoms with Gasteiger partial charge in [-0.2, -0.15) is 5.10 Å². The SMILES string of the molecule is Cc1nn(C)c(C)c1NC(=O)c1csc(-c2ccc(F)cc2)n1. The molecule has 3 rings (SSSR count). The third-order valence-corrected chi connectivity index (χ3v) is 4.47. The molecule has 0 atom stereocenters. The van der Waals surface area contributed by atoms with Crippen LogP contribution in [0.1, 0.15) is 21.9 Å². The zero-order valence-corrected chi connectivity index (χ0v) is 13.7. The monoisotopic (exact) mass is 330 g/mol. The largest absolute Gasteiger partial charge is 0.317 e. The van der Waals surface area contributed by atoms with Gasteiger partial charge in [0, 0.05) is 18.0 Å². The molecule has 0 aliphatic carbocycles. The Hall–Kier alpha value is -2.54. The van der Waals surface area contributed by atoms with Gasteiger partial charge in [-0.25, -0.2) is 9.37 Å². The first-order chi connectivity index (χ1) is 11.0. The number of benzene rings is 1. The average Bonchev–Trinajstić information content (AvgIpc) is 3.09. The van der Waals surface area contributed by atoms with Gasteiger partial charge in [-0.1, -0.05) is 0 Å². The van der Waals surface area contributed by atoms with Crippen molar-refractivity contribution in [3.8, 4) is 10.6 Å². The number of amides is 1. The van der Waals surface area contributed by atoms with Crippen LogP contribution in [0.15, 0.2) is 29.6 Å². The number of nitrogens with zero attached hydrogens (tertiary/aromatic N) is 3. The van der Waals surface area contributed by atoms with Crippen molar-refractivity contribution in [2.75, 3.05) is 5.32 Å². The Kier molecular flexibility index (Phi) is 3.96. The molecule has 1 aromatic carbocycles. The molecule has 0 aliphatic heterocycles. The fraction of sp³-hybridized carbons (Fsp3) is 0.188. The Morgan fingerprint density at radius 2 is 1.96 bits per heavy atom. The molecule has 0 saturated carbocycles. The summed E-state index contributed by atoms with van der Waals surface area (Å²) in [7, 11) is 1.83. The van der Waals surface area contributed by atoms with Crippen molar-refractivity contribution in [2.24, 2.45) is 7.05 Å². The lowest BCUT2D eigenvalue weighted by molar-refractivity contribution is 0.102. The second-order valence-corrected chi connectivity index (χ2v) is 6.03. The van der Waals surface area contributed by atoms with Gasteiger partial charge < -0.3 is 5.32 Å². The van der Waals surface area contributed by atoms with Gasteiger partial charge in [0.25, 0.3) is 5.91 Å². The normalized spacial score (nSPS) is 10.8. The standard InChI is InChI=1S/C16H15FN4OS/c1-9-14(10(2)21(3)20-9)19-15(22)13-8-23-16(18-13)11-4-6-12(17)7-5-11/h4-8H,1-3H3,(H,19,22). The minimum Gasteiger partial charge on any atom is -0.317 e. The molecule has 23 heavy (non-hydrogen) atoms. The number of hydrogen-bond acceptors (Lipinski definition) is 4. The van der Waals surface area contributed by atoms with Crippen molar-refractivity contribution in [3.63, 3.8) is 0 Å². The predicted molar refractivity (Wildman–Crippen MR) is 88.1 cm³/mol. The Morgan fingerprint density at radius 3 is 2.57 bits per heavy atom. The molecule has 0 radical (unpaired) electrons. The first kappa shape index (κ1) is 15.4. The lowest BCUT2D eigenvalue weighted by Crippen LogP contribution is -2.13. The Balaban J connectivity index is 1.82. The topological polar surface area (TPSA) is 59.8 Å². The van der Waals surface area contributed by atoms with Gasteiger partial charge >= 0.3 is 0 Å². The lowest BCUT2D eigenvalue weighted by atomic mass is 10.2. The molecule has 0 unspecified atom stereocenters. The lowest BCUT2D eigenvalue weighted by Gasteiger charge is -2.03. The van der Waals surface area contributed by atoms with Gasteiger partial charge in [-0.05, 0) is 38.1 Å². The molecule has 2 heterocycles. The van der Waals surface area contributed by atoms with Crippen LogP contribution in [0.5, 0.6) is 0 Å². The van der Waals surface area contributed by atoms with E-state index in [1.54, 1.807) is 22.2 Å². The number of carbonyl (C=O) groups is 1. The number of hydrogen-bond donors (Lipinski definition) is 1. The second-order valence-electron chi connectivity index (χ2n) is 5.17. The van der Waals surface area contributed by atoms with E-state index in [1.807, 2.05) is 20.9 Å². The minimum atomic E-state index is -0.300. The molecule has 3 aromatic rings. The number of carbonyl (C=O) groups excluding carboxylic acids is 1. The van der Waals surface area contributed by atoms with Crippen LogP contribution in [0.25, 0.3) is 10.6 Å². The van der Waals surface area contributed by atoms with E-state index < -0.39 is 0 Å².